The number of rotatable bonds is 14. The van der Waals surface area contributed by atoms with Crippen molar-refractivity contribution >= 4 is 34.9 Å². The zero-order chi connectivity index (χ0) is 33.6. The monoisotopic (exact) mass is 654 g/mol. The molecular formula is C34H39ClN2O9. The van der Waals surface area contributed by atoms with Crippen LogP contribution in [0.15, 0.2) is 60.7 Å². The lowest BCUT2D eigenvalue weighted by Crippen LogP contribution is -2.45. The highest BCUT2D eigenvalue weighted by atomic mass is 35.5. The van der Waals surface area contributed by atoms with Crippen LogP contribution in [0.2, 0.25) is 5.02 Å². The van der Waals surface area contributed by atoms with E-state index < -0.39 is 42.1 Å². The SMILES string of the molecule is COc1cccc([C@H]2O[C@H](CC(=O)CC(N)c3ccc(OCC(=O)O)cc3)C(=O)N(CC(C)(C)CO)c3ccc(Cl)cc32)c1OC. The summed E-state index contributed by atoms with van der Waals surface area (Å²) in [6.45, 7) is 3.14. The normalized spacial score (nSPS) is 17.1. The number of hydrogen-bond donors (Lipinski definition) is 3. The summed E-state index contributed by atoms with van der Waals surface area (Å²) in [4.78, 5) is 40.1. The molecule has 4 rings (SSSR count). The van der Waals surface area contributed by atoms with Gasteiger partial charge in [-0.2, -0.15) is 0 Å². The smallest absolute Gasteiger partial charge is 0.341 e. The Hall–Kier alpha value is -4.16. The number of Topliss-reactive ketones (excluding diaryl/α,β-unsaturated/α-hetero) is 1. The van der Waals surface area contributed by atoms with Crippen molar-refractivity contribution in [2.45, 2.75) is 44.9 Å². The quantitative estimate of drug-likeness (QED) is 0.222. The second-order valence-electron chi connectivity index (χ2n) is 11.8. The van der Waals surface area contributed by atoms with E-state index in [4.69, 9.17) is 41.4 Å². The topological polar surface area (TPSA) is 158 Å². The zero-order valence-electron chi connectivity index (χ0n) is 26.2. The summed E-state index contributed by atoms with van der Waals surface area (Å²) in [7, 11) is 3.02. The predicted octanol–water partition coefficient (Wildman–Crippen LogP) is 4.71. The average molecular weight is 655 g/mol. The molecule has 3 atom stereocenters. The Morgan fingerprint density at radius 3 is 2.41 bits per heavy atom. The van der Waals surface area contributed by atoms with Gasteiger partial charge in [-0.3, -0.25) is 9.59 Å². The summed E-state index contributed by atoms with van der Waals surface area (Å²) < 4.78 is 23.0. The molecule has 0 saturated carbocycles. The van der Waals surface area contributed by atoms with E-state index in [0.29, 0.717) is 44.6 Å². The van der Waals surface area contributed by atoms with Crippen molar-refractivity contribution in [3.8, 4) is 17.2 Å². The number of carboxylic acid groups (broad SMARTS) is 1. The van der Waals surface area contributed by atoms with Crippen LogP contribution in [0.3, 0.4) is 0 Å². The first-order valence-corrected chi connectivity index (χ1v) is 15.0. The van der Waals surface area contributed by atoms with Gasteiger partial charge in [0, 0.05) is 59.3 Å². The van der Waals surface area contributed by atoms with Crippen molar-refractivity contribution < 1.29 is 43.5 Å². The number of halogens is 1. The molecule has 0 aliphatic carbocycles. The first kappa shape index (κ1) is 34.7. The summed E-state index contributed by atoms with van der Waals surface area (Å²) >= 11 is 6.48. The van der Waals surface area contributed by atoms with Crippen LogP contribution < -0.4 is 24.8 Å². The molecule has 0 fully saturated rings. The van der Waals surface area contributed by atoms with Gasteiger partial charge >= 0.3 is 5.97 Å². The van der Waals surface area contributed by atoms with E-state index in [1.807, 2.05) is 13.8 Å². The third kappa shape index (κ3) is 8.16. The van der Waals surface area contributed by atoms with Crippen LogP contribution in [-0.4, -0.2) is 68.0 Å². The number of benzene rings is 3. The maximum absolute atomic E-state index is 14.3. The maximum atomic E-state index is 14.3. The fourth-order valence-electron chi connectivity index (χ4n) is 5.31. The number of ether oxygens (including phenoxy) is 4. The van der Waals surface area contributed by atoms with E-state index in [1.54, 1.807) is 65.6 Å². The fourth-order valence-corrected chi connectivity index (χ4v) is 5.50. The summed E-state index contributed by atoms with van der Waals surface area (Å²) in [5, 5.41) is 19.3. The highest BCUT2D eigenvalue weighted by molar-refractivity contribution is 6.30. The number of anilines is 1. The molecule has 1 heterocycles. The molecule has 1 unspecified atom stereocenters. The molecule has 0 radical (unpaired) electrons. The summed E-state index contributed by atoms with van der Waals surface area (Å²) in [6, 6.07) is 16.2. The predicted molar refractivity (Wildman–Crippen MR) is 172 cm³/mol. The van der Waals surface area contributed by atoms with Gasteiger partial charge in [-0.1, -0.05) is 49.7 Å². The van der Waals surface area contributed by atoms with Gasteiger partial charge in [0.1, 0.15) is 23.7 Å². The average Bonchev–Trinajstić information content (AvgIpc) is 3.13. The molecular weight excluding hydrogens is 616 g/mol. The first-order chi connectivity index (χ1) is 21.9. The highest BCUT2D eigenvalue weighted by Gasteiger charge is 2.40. The molecule has 0 saturated heterocycles. The molecule has 3 aromatic rings. The number of nitrogens with zero attached hydrogens (tertiary/aromatic N) is 1. The van der Waals surface area contributed by atoms with Gasteiger partial charge in [-0.25, -0.2) is 4.79 Å². The minimum absolute atomic E-state index is 0.0868. The van der Waals surface area contributed by atoms with Gasteiger partial charge in [-0.15, -0.1) is 0 Å². The van der Waals surface area contributed by atoms with Crippen molar-refractivity contribution in [2.24, 2.45) is 11.1 Å². The molecule has 11 nitrogen and oxygen atoms in total. The molecule has 0 aromatic heterocycles. The Bertz CT molecular complexity index is 1560. The van der Waals surface area contributed by atoms with E-state index in [2.05, 4.69) is 0 Å². The van der Waals surface area contributed by atoms with Crippen LogP contribution in [0, 0.1) is 5.41 Å². The Kier molecular flexibility index (Phi) is 11.3. The number of aliphatic carboxylic acids is 1. The molecule has 1 amide bonds. The number of aliphatic hydroxyl groups is 1. The highest BCUT2D eigenvalue weighted by Crippen LogP contribution is 2.45. The van der Waals surface area contributed by atoms with Crippen LogP contribution in [-0.2, 0) is 19.1 Å². The lowest BCUT2D eigenvalue weighted by Gasteiger charge is -2.32. The van der Waals surface area contributed by atoms with E-state index in [-0.39, 0.29) is 31.8 Å². The third-order valence-corrected chi connectivity index (χ3v) is 7.90. The minimum atomic E-state index is -1.21. The van der Waals surface area contributed by atoms with E-state index >= 15 is 0 Å². The van der Waals surface area contributed by atoms with Gasteiger partial charge in [0.25, 0.3) is 5.91 Å². The maximum Gasteiger partial charge on any atom is 0.341 e. The number of aliphatic hydroxyl groups excluding tert-OH is 1. The van der Waals surface area contributed by atoms with Gasteiger partial charge in [-0.05, 0) is 42.0 Å². The molecule has 0 spiro atoms. The number of hydrogen-bond acceptors (Lipinski definition) is 9. The van der Waals surface area contributed by atoms with Crippen molar-refractivity contribution in [1.29, 1.82) is 0 Å². The summed E-state index contributed by atoms with van der Waals surface area (Å²) in [5.41, 5.74) is 8.01. The van der Waals surface area contributed by atoms with E-state index in [1.165, 1.54) is 14.2 Å². The molecule has 1 aliphatic rings. The molecule has 246 valence electrons. The van der Waals surface area contributed by atoms with Crippen molar-refractivity contribution in [3.05, 3.63) is 82.4 Å². The molecule has 3 aromatic carbocycles. The number of carboxylic acids is 1. The number of methoxy groups -OCH3 is 2. The fraction of sp³-hybridized carbons (Fsp3) is 0.382. The Balaban J connectivity index is 1.69. The Morgan fingerprint density at radius 2 is 1.78 bits per heavy atom. The van der Waals surface area contributed by atoms with Gasteiger partial charge < -0.3 is 39.8 Å². The number of amides is 1. The van der Waals surface area contributed by atoms with Crippen LogP contribution >= 0.6 is 11.6 Å². The number of ketones is 1. The molecule has 46 heavy (non-hydrogen) atoms. The second-order valence-corrected chi connectivity index (χ2v) is 12.3. The lowest BCUT2D eigenvalue weighted by atomic mass is 9.92. The number of carbonyl (C=O) groups excluding carboxylic acids is 2. The molecule has 1 aliphatic heterocycles. The molecule has 0 bridgehead atoms. The Morgan fingerprint density at radius 1 is 1.07 bits per heavy atom. The molecule has 12 heteroatoms. The van der Waals surface area contributed by atoms with Crippen molar-refractivity contribution in [1.82, 2.24) is 0 Å². The summed E-state index contributed by atoms with van der Waals surface area (Å²) in [5.74, 6) is -0.639. The van der Waals surface area contributed by atoms with Crippen LogP contribution in [0.4, 0.5) is 5.69 Å². The largest absolute Gasteiger partial charge is 0.493 e. The van der Waals surface area contributed by atoms with Crippen LogP contribution in [0.25, 0.3) is 0 Å². The zero-order valence-corrected chi connectivity index (χ0v) is 27.0. The third-order valence-electron chi connectivity index (χ3n) is 7.67. The molecule has 4 N–H and O–H groups in total. The number of para-hydroxylation sites is 1. The lowest BCUT2D eigenvalue weighted by molar-refractivity contribution is -0.139. The number of carbonyl (C=O) groups is 3. The summed E-state index contributed by atoms with van der Waals surface area (Å²) in [6.07, 6.45) is -2.45. The second kappa shape index (κ2) is 15.0. The van der Waals surface area contributed by atoms with Crippen LogP contribution in [0.1, 0.15) is 55.5 Å². The number of nitrogens with two attached hydrogens (primary N) is 1. The van der Waals surface area contributed by atoms with Gasteiger partial charge in [0.05, 0.1) is 14.2 Å². The number of fused-ring (bicyclic) bond motifs is 1. The van der Waals surface area contributed by atoms with Gasteiger partial charge in [0.2, 0.25) is 0 Å². The minimum Gasteiger partial charge on any atom is -0.493 e. The standard InChI is InChI=1S/C34H39ClN2O9/c1-34(2,19-38)18-37-27-13-10-21(35)14-25(27)31(24-6-5-7-28(43-3)32(24)44-4)46-29(33(37)42)16-22(39)15-26(36)20-8-11-23(12-9-20)45-17-30(40)41/h5-14,26,29,31,38H,15-19,36H2,1-4H3,(H,40,41)/t26?,29-,31-/m1/s1. The first-order valence-electron chi connectivity index (χ1n) is 14.7. The van der Waals surface area contributed by atoms with Gasteiger partial charge in [0.15, 0.2) is 18.1 Å². The van der Waals surface area contributed by atoms with Crippen molar-refractivity contribution in [2.75, 3.05) is 38.9 Å². The van der Waals surface area contributed by atoms with Crippen molar-refractivity contribution in [3.63, 3.8) is 0 Å². The van der Waals surface area contributed by atoms with E-state index in [0.717, 1.165) is 0 Å². The Labute approximate surface area is 272 Å². The van der Waals surface area contributed by atoms with Crippen LogP contribution in [0.5, 0.6) is 17.2 Å². The van der Waals surface area contributed by atoms with E-state index in [9.17, 15) is 19.5 Å².